The Morgan fingerprint density at radius 3 is 2.59 bits per heavy atom. The average molecular weight is 237 g/mol. The molecule has 1 atom stereocenters. The van der Waals surface area contributed by atoms with E-state index in [9.17, 15) is 8.78 Å². The zero-order valence-corrected chi connectivity index (χ0v) is 9.37. The predicted octanol–water partition coefficient (Wildman–Crippen LogP) is 2.54. The van der Waals surface area contributed by atoms with E-state index in [1.54, 1.807) is 6.20 Å². The Morgan fingerprint density at radius 2 is 2.00 bits per heavy atom. The summed E-state index contributed by atoms with van der Waals surface area (Å²) in [5.41, 5.74) is 1.51. The summed E-state index contributed by atoms with van der Waals surface area (Å²) in [6.45, 7) is 2.42. The first-order valence-corrected chi connectivity index (χ1v) is 5.33. The monoisotopic (exact) mass is 237 g/mol. The van der Waals surface area contributed by atoms with E-state index in [0.29, 0.717) is 12.1 Å². The lowest BCUT2D eigenvalue weighted by Gasteiger charge is -2.13. The number of aromatic nitrogens is 2. The molecule has 1 heterocycles. The van der Waals surface area contributed by atoms with Gasteiger partial charge >= 0.3 is 0 Å². The molecule has 0 saturated heterocycles. The van der Waals surface area contributed by atoms with E-state index in [-0.39, 0.29) is 6.04 Å². The minimum absolute atomic E-state index is 0.136. The Balaban J connectivity index is 2.01. The van der Waals surface area contributed by atoms with Crippen molar-refractivity contribution in [1.29, 1.82) is 0 Å². The van der Waals surface area contributed by atoms with Gasteiger partial charge in [-0.25, -0.2) is 8.78 Å². The van der Waals surface area contributed by atoms with Crippen LogP contribution in [0.3, 0.4) is 0 Å². The van der Waals surface area contributed by atoms with Crippen molar-refractivity contribution >= 4 is 0 Å². The minimum Gasteiger partial charge on any atom is -0.305 e. The Kier molecular flexibility index (Phi) is 3.49. The summed E-state index contributed by atoms with van der Waals surface area (Å²) in [7, 11) is 0. The number of hydrogen-bond donors (Lipinski definition) is 2. The van der Waals surface area contributed by atoms with Gasteiger partial charge in [-0.3, -0.25) is 5.10 Å². The van der Waals surface area contributed by atoms with Crippen LogP contribution in [-0.2, 0) is 6.54 Å². The normalized spacial score (nSPS) is 12.6. The molecule has 5 heteroatoms. The van der Waals surface area contributed by atoms with Crippen LogP contribution in [0.25, 0.3) is 0 Å². The van der Waals surface area contributed by atoms with Gasteiger partial charge in [0.2, 0.25) is 0 Å². The fourth-order valence-corrected chi connectivity index (χ4v) is 1.59. The molecule has 1 aromatic carbocycles. The lowest BCUT2D eigenvalue weighted by atomic mass is 10.1. The van der Waals surface area contributed by atoms with Gasteiger partial charge in [-0.15, -0.1) is 0 Å². The summed E-state index contributed by atoms with van der Waals surface area (Å²) in [5.74, 6) is -1.12. The summed E-state index contributed by atoms with van der Waals surface area (Å²) >= 11 is 0. The van der Waals surface area contributed by atoms with Crippen LogP contribution in [0.2, 0.25) is 0 Å². The number of benzene rings is 1. The third-order valence-electron chi connectivity index (χ3n) is 2.54. The van der Waals surface area contributed by atoms with E-state index in [2.05, 4.69) is 15.5 Å². The average Bonchev–Trinajstić information content (AvgIpc) is 2.77. The molecule has 0 spiro atoms. The molecule has 0 saturated carbocycles. The number of rotatable bonds is 4. The number of halogens is 2. The van der Waals surface area contributed by atoms with Gasteiger partial charge in [0.25, 0.3) is 0 Å². The van der Waals surface area contributed by atoms with Crippen molar-refractivity contribution < 1.29 is 8.78 Å². The smallest absolute Gasteiger partial charge is 0.126 e. The maximum Gasteiger partial charge on any atom is 0.126 e. The molecule has 0 aliphatic carbocycles. The molecule has 0 bridgehead atoms. The summed E-state index contributed by atoms with van der Waals surface area (Å²) in [6.07, 6.45) is 1.66. The number of aromatic amines is 1. The van der Waals surface area contributed by atoms with Crippen LogP contribution in [0.5, 0.6) is 0 Å². The van der Waals surface area contributed by atoms with Gasteiger partial charge in [0.05, 0.1) is 0 Å². The summed E-state index contributed by atoms with van der Waals surface area (Å²) < 4.78 is 26.0. The Labute approximate surface area is 97.9 Å². The van der Waals surface area contributed by atoms with Crippen LogP contribution in [0.1, 0.15) is 24.2 Å². The van der Waals surface area contributed by atoms with Crippen molar-refractivity contribution in [3.05, 3.63) is 53.4 Å². The second kappa shape index (κ2) is 5.05. The minimum atomic E-state index is -0.560. The van der Waals surface area contributed by atoms with Crippen LogP contribution < -0.4 is 5.32 Å². The molecule has 0 aliphatic rings. The number of H-pyrrole nitrogens is 1. The van der Waals surface area contributed by atoms with Crippen LogP contribution in [0.4, 0.5) is 8.78 Å². The standard InChI is InChI=1S/C12H13F2N3/c1-8(15-7-12-2-3-16-17-12)9-4-10(13)6-11(14)5-9/h2-6,8,15H,7H2,1H3,(H,16,17). The maximum absolute atomic E-state index is 13.0. The highest BCUT2D eigenvalue weighted by molar-refractivity contribution is 5.21. The number of nitrogens with zero attached hydrogens (tertiary/aromatic N) is 1. The molecular formula is C12H13F2N3. The third-order valence-corrected chi connectivity index (χ3v) is 2.54. The lowest BCUT2D eigenvalue weighted by Crippen LogP contribution is -2.18. The first-order valence-electron chi connectivity index (χ1n) is 5.33. The van der Waals surface area contributed by atoms with Gasteiger partial charge in [0, 0.05) is 30.5 Å². The van der Waals surface area contributed by atoms with E-state index >= 15 is 0 Å². The van der Waals surface area contributed by atoms with E-state index in [1.165, 1.54) is 12.1 Å². The molecule has 0 radical (unpaired) electrons. The summed E-state index contributed by atoms with van der Waals surface area (Å²) in [5, 5.41) is 9.77. The summed E-state index contributed by atoms with van der Waals surface area (Å²) in [6, 6.07) is 5.22. The lowest BCUT2D eigenvalue weighted by molar-refractivity contribution is 0.542. The first-order chi connectivity index (χ1) is 8.15. The molecule has 90 valence electrons. The highest BCUT2D eigenvalue weighted by Gasteiger charge is 2.08. The topological polar surface area (TPSA) is 40.7 Å². The Hall–Kier alpha value is -1.75. The van der Waals surface area contributed by atoms with Gasteiger partial charge < -0.3 is 5.32 Å². The summed E-state index contributed by atoms with van der Waals surface area (Å²) in [4.78, 5) is 0. The van der Waals surface area contributed by atoms with Crippen LogP contribution in [-0.4, -0.2) is 10.2 Å². The van der Waals surface area contributed by atoms with E-state index in [4.69, 9.17) is 0 Å². The van der Waals surface area contributed by atoms with Crippen molar-refractivity contribution in [2.75, 3.05) is 0 Å². The van der Waals surface area contributed by atoms with E-state index in [0.717, 1.165) is 11.8 Å². The van der Waals surface area contributed by atoms with E-state index in [1.807, 2.05) is 13.0 Å². The second-order valence-corrected chi connectivity index (χ2v) is 3.89. The first kappa shape index (κ1) is 11.7. The number of nitrogens with one attached hydrogen (secondary N) is 2. The fourth-order valence-electron chi connectivity index (χ4n) is 1.59. The quantitative estimate of drug-likeness (QED) is 0.857. The zero-order chi connectivity index (χ0) is 12.3. The zero-order valence-electron chi connectivity index (χ0n) is 9.37. The molecule has 0 aliphatic heterocycles. The van der Waals surface area contributed by atoms with E-state index < -0.39 is 11.6 Å². The van der Waals surface area contributed by atoms with Crippen molar-refractivity contribution in [1.82, 2.24) is 15.5 Å². The van der Waals surface area contributed by atoms with Crippen molar-refractivity contribution in [3.63, 3.8) is 0 Å². The fraction of sp³-hybridized carbons (Fsp3) is 0.250. The second-order valence-electron chi connectivity index (χ2n) is 3.89. The molecule has 3 nitrogen and oxygen atoms in total. The van der Waals surface area contributed by atoms with Gasteiger partial charge in [0.1, 0.15) is 11.6 Å². The van der Waals surface area contributed by atoms with Crippen LogP contribution in [0.15, 0.2) is 30.5 Å². The molecule has 17 heavy (non-hydrogen) atoms. The molecule has 1 aromatic heterocycles. The molecule has 2 rings (SSSR count). The van der Waals surface area contributed by atoms with Crippen LogP contribution in [0, 0.1) is 11.6 Å². The Morgan fingerprint density at radius 1 is 1.29 bits per heavy atom. The molecular weight excluding hydrogens is 224 g/mol. The third kappa shape index (κ3) is 3.10. The van der Waals surface area contributed by atoms with Gasteiger partial charge in [-0.2, -0.15) is 5.10 Å². The highest BCUT2D eigenvalue weighted by Crippen LogP contribution is 2.16. The van der Waals surface area contributed by atoms with Gasteiger partial charge in [0.15, 0.2) is 0 Å². The predicted molar refractivity (Wildman–Crippen MR) is 60.2 cm³/mol. The Bertz CT molecular complexity index is 462. The van der Waals surface area contributed by atoms with Crippen molar-refractivity contribution in [2.45, 2.75) is 19.5 Å². The molecule has 0 fully saturated rings. The van der Waals surface area contributed by atoms with Gasteiger partial charge in [-0.05, 0) is 30.7 Å². The van der Waals surface area contributed by atoms with Crippen molar-refractivity contribution in [2.24, 2.45) is 0 Å². The highest BCUT2D eigenvalue weighted by atomic mass is 19.1. The number of hydrogen-bond acceptors (Lipinski definition) is 2. The SMILES string of the molecule is CC(NCc1ccn[nH]1)c1cc(F)cc(F)c1. The van der Waals surface area contributed by atoms with Crippen molar-refractivity contribution in [3.8, 4) is 0 Å². The van der Waals surface area contributed by atoms with Crippen LogP contribution >= 0.6 is 0 Å². The largest absolute Gasteiger partial charge is 0.305 e. The molecule has 0 amide bonds. The molecule has 2 N–H and O–H groups in total. The maximum atomic E-state index is 13.0. The molecule has 2 aromatic rings. The molecule has 1 unspecified atom stereocenters. The van der Waals surface area contributed by atoms with Gasteiger partial charge in [-0.1, -0.05) is 0 Å².